The van der Waals surface area contributed by atoms with Gasteiger partial charge in [-0.1, -0.05) is 0 Å². The second kappa shape index (κ2) is 7.02. The molecule has 1 aliphatic rings. The average Bonchev–Trinajstić information content (AvgIpc) is 3.13. The summed E-state index contributed by atoms with van der Waals surface area (Å²) in [5.74, 6) is -1.57. The van der Waals surface area contributed by atoms with Gasteiger partial charge in [0.1, 0.15) is 11.6 Å². The minimum atomic E-state index is -0.945. The van der Waals surface area contributed by atoms with Crippen molar-refractivity contribution in [2.75, 3.05) is 0 Å². The second-order valence-electron chi connectivity index (χ2n) is 8.37. The average molecular weight is 411 g/mol. The van der Waals surface area contributed by atoms with Crippen LogP contribution < -0.4 is 5.32 Å². The third-order valence-corrected chi connectivity index (χ3v) is 5.35. The highest BCUT2D eigenvalue weighted by molar-refractivity contribution is 6.02. The first kappa shape index (κ1) is 20.2. The van der Waals surface area contributed by atoms with Crippen LogP contribution >= 0.6 is 0 Å². The highest BCUT2D eigenvalue weighted by atomic mass is 19.1. The van der Waals surface area contributed by atoms with E-state index in [1.54, 1.807) is 24.6 Å². The van der Waals surface area contributed by atoms with Gasteiger partial charge in [-0.25, -0.2) is 8.78 Å². The van der Waals surface area contributed by atoms with Crippen molar-refractivity contribution in [3.8, 4) is 22.3 Å². The Balaban J connectivity index is 1.94. The van der Waals surface area contributed by atoms with Gasteiger partial charge in [0.25, 0.3) is 5.91 Å². The van der Waals surface area contributed by atoms with Crippen molar-refractivity contribution in [2.24, 2.45) is 0 Å². The van der Waals surface area contributed by atoms with Gasteiger partial charge in [0, 0.05) is 35.0 Å². The van der Waals surface area contributed by atoms with E-state index in [9.17, 15) is 18.7 Å². The molecule has 0 unspecified atom stereocenters. The summed E-state index contributed by atoms with van der Waals surface area (Å²) in [5, 5.41) is 17.6. The van der Waals surface area contributed by atoms with E-state index in [4.69, 9.17) is 0 Å². The van der Waals surface area contributed by atoms with Crippen LogP contribution in [0.2, 0.25) is 0 Å². The van der Waals surface area contributed by atoms with Crippen molar-refractivity contribution in [1.29, 1.82) is 0 Å². The zero-order chi connectivity index (χ0) is 21.8. The predicted octanol–water partition coefficient (Wildman–Crippen LogP) is 4.13. The van der Waals surface area contributed by atoms with Crippen LogP contribution in [0.3, 0.4) is 0 Å². The quantitative estimate of drug-likeness (QED) is 0.679. The minimum absolute atomic E-state index is 0.222. The van der Waals surface area contributed by atoms with E-state index in [1.165, 1.54) is 12.1 Å². The topological polar surface area (TPSA) is 67.2 Å². The van der Waals surface area contributed by atoms with E-state index >= 15 is 0 Å². The lowest BCUT2D eigenvalue weighted by atomic mass is 9.90. The minimum Gasteiger partial charge on any atom is -0.389 e. The number of nitrogens with zero attached hydrogens (tertiary/aromatic N) is 2. The Hall–Kier alpha value is -3.06. The molecule has 156 valence electrons. The van der Waals surface area contributed by atoms with Crippen LogP contribution in [0, 0.1) is 25.5 Å². The van der Waals surface area contributed by atoms with E-state index in [0.29, 0.717) is 24.2 Å². The number of hydrogen-bond donors (Lipinski definition) is 2. The SMILES string of the molecule is Cc1nn(CC(C)(C)O)c(C)c1-c1cc(-c2ccc(F)cc2F)cc2c1CNC2=O. The number of aryl methyl sites for hydroxylation is 1. The Morgan fingerprint density at radius 2 is 1.83 bits per heavy atom. The lowest BCUT2D eigenvalue weighted by Gasteiger charge is -2.18. The van der Waals surface area contributed by atoms with Gasteiger partial charge in [-0.2, -0.15) is 5.10 Å². The van der Waals surface area contributed by atoms with E-state index in [2.05, 4.69) is 10.4 Å². The molecule has 2 N–H and O–H groups in total. The molecule has 2 heterocycles. The first-order valence-electron chi connectivity index (χ1n) is 9.72. The standard InChI is InChI=1S/C23H23F2N3O2/c1-12-21(13(2)28(27-12)11-23(3,4)30)17-7-14(8-18-19(17)10-26-22(18)29)16-6-5-15(24)9-20(16)25/h5-9,30H,10-11H2,1-4H3,(H,26,29). The normalized spacial score (nSPS) is 13.5. The van der Waals surface area contributed by atoms with Crippen LogP contribution in [0.25, 0.3) is 22.3 Å². The molecule has 0 spiro atoms. The Labute approximate surface area is 173 Å². The largest absolute Gasteiger partial charge is 0.389 e. The maximum atomic E-state index is 14.5. The van der Waals surface area contributed by atoms with Crippen LogP contribution in [0.1, 0.15) is 41.2 Å². The molecule has 5 nitrogen and oxygen atoms in total. The van der Waals surface area contributed by atoms with Crippen LogP contribution in [0.15, 0.2) is 30.3 Å². The summed E-state index contributed by atoms with van der Waals surface area (Å²) in [7, 11) is 0. The van der Waals surface area contributed by atoms with E-state index in [0.717, 1.165) is 34.1 Å². The summed E-state index contributed by atoms with van der Waals surface area (Å²) < 4.78 is 29.6. The highest BCUT2D eigenvalue weighted by Gasteiger charge is 2.28. The molecule has 30 heavy (non-hydrogen) atoms. The lowest BCUT2D eigenvalue weighted by Crippen LogP contribution is -2.27. The summed E-state index contributed by atoms with van der Waals surface area (Å²) in [4.78, 5) is 12.4. The molecule has 7 heteroatoms. The maximum absolute atomic E-state index is 14.5. The Bertz CT molecular complexity index is 1180. The number of nitrogens with one attached hydrogen (secondary N) is 1. The molecule has 4 rings (SSSR count). The maximum Gasteiger partial charge on any atom is 0.251 e. The predicted molar refractivity (Wildman–Crippen MR) is 110 cm³/mol. The van der Waals surface area contributed by atoms with Gasteiger partial charge in [0.2, 0.25) is 0 Å². The summed E-state index contributed by atoms with van der Waals surface area (Å²) >= 11 is 0. The van der Waals surface area contributed by atoms with Crippen LogP contribution in [-0.2, 0) is 13.1 Å². The molecule has 2 aromatic carbocycles. The summed E-state index contributed by atoms with van der Waals surface area (Å²) in [6.07, 6.45) is 0. The van der Waals surface area contributed by atoms with E-state index in [1.807, 2.05) is 19.9 Å². The van der Waals surface area contributed by atoms with Crippen molar-refractivity contribution in [3.05, 3.63) is 64.5 Å². The van der Waals surface area contributed by atoms with Crippen LogP contribution in [0.5, 0.6) is 0 Å². The molecule has 0 bridgehead atoms. The third-order valence-electron chi connectivity index (χ3n) is 5.35. The van der Waals surface area contributed by atoms with Gasteiger partial charge in [0.15, 0.2) is 0 Å². The second-order valence-corrected chi connectivity index (χ2v) is 8.37. The first-order chi connectivity index (χ1) is 14.0. The molecule has 0 fully saturated rings. The molecule has 0 atom stereocenters. The van der Waals surface area contributed by atoms with Crippen molar-refractivity contribution in [2.45, 2.75) is 46.4 Å². The fourth-order valence-corrected chi connectivity index (χ4v) is 4.04. The fraction of sp³-hybridized carbons (Fsp3) is 0.304. The van der Waals surface area contributed by atoms with Crippen molar-refractivity contribution in [1.82, 2.24) is 15.1 Å². The number of benzene rings is 2. The Kier molecular flexibility index (Phi) is 4.73. The molecule has 3 aromatic rings. The van der Waals surface area contributed by atoms with Gasteiger partial charge in [-0.15, -0.1) is 0 Å². The van der Waals surface area contributed by atoms with Gasteiger partial charge in [-0.05, 0) is 68.7 Å². The van der Waals surface area contributed by atoms with Gasteiger partial charge >= 0.3 is 0 Å². The summed E-state index contributed by atoms with van der Waals surface area (Å²) in [6, 6.07) is 6.87. The number of rotatable bonds is 4. The molecule has 0 saturated heterocycles. The fourth-order valence-electron chi connectivity index (χ4n) is 4.04. The molecule has 1 aliphatic heterocycles. The number of hydrogen-bond acceptors (Lipinski definition) is 3. The smallest absolute Gasteiger partial charge is 0.251 e. The van der Waals surface area contributed by atoms with E-state index < -0.39 is 17.2 Å². The Morgan fingerprint density at radius 1 is 1.13 bits per heavy atom. The number of carbonyl (C=O) groups excluding carboxylic acids is 1. The number of amides is 1. The number of carbonyl (C=O) groups is 1. The third kappa shape index (κ3) is 3.50. The first-order valence-corrected chi connectivity index (χ1v) is 9.72. The Morgan fingerprint density at radius 3 is 2.50 bits per heavy atom. The van der Waals surface area contributed by atoms with Gasteiger partial charge in [0.05, 0.1) is 17.8 Å². The number of aromatic nitrogens is 2. The molecule has 0 aliphatic carbocycles. The zero-order valence-electron chi connectivity index (χ0n) is 17.3. The number of aliphatic hydroxyl groups is 1. The van der Waals surface area contributed by atoms with Crippen LogP contribution in [-0.4, -0.2) is 26.4 Å². The highest BCUT2D eigenvalue weighted by Crippen LogP contribution is 2.38. The van der Waals surface area contributed by atoms with Crippen molar-refractivity contribution < 1.29 is 18.7 Å². The van der Waals surface area contributed by atoms with Gasteiger partial charge < -0.3 is 10.4 Å². The molecule has 1 aromatic heterocycles. The summed E-state index contributed by atoms with van der Waals surface area (Å²) in [5.41, 5.74) is 4.27. The van der Waals surface area contributed by atoms with Crippen molar-refractivity contribution >= 4 is 5.91 Å². The monoisotopic (exact) mass is 411 g/mol. The van der Waals surface area contributed by atoms with Crippen molar-refractivity contribution in [3.63, 3.8) is 0 Å². The lowest BCUT2D eigenvalue weighted by molar-refractivity contribution is 0.0570. The molecular formula is C23H23F2N3O2. The summed E-state index contributed by atoms with van der Waals surface area (Å²) in [6.45, 7) is 7.87. The molecular weight excluding hydrogens is 388 g/mol. The number of halogens is 2. The molecule has 0 radical (unpaired) electrons. The molecule has 1 amide bonds. The molecule has 0 saturated carbocycles. The number of fused-ring (bicyclic) bond motifs is 1. The zero-order valence-corrected chi connectivity index (χ0v) is 17.3. The van der Waals surface area contributed by atoms with Crippen LogP contribution in [0.4, 0.5) is 8.78 Å². The van der Waals surface area contributed by atoms with E-state index in [-0.39, 0.29) is 11.5 Å². The van der Waals surface area contributed by atoms with Gasteiger partial charge in [-0.3, -0.25) is 9.48 Å².